The summed E-state index contributed by atoms with van der Waals surface area (Å²) in [5, 5.41) is 18.6. The zero-order valence-corrected chi connectivity index (χ0v) is 8.66. The molecule has 1 atom stereocenters. The Hall–Kier alpha value is 0.270. The quantitative estimate of drug-likeness (QED) is 0.635. The highest BCUT2D eigenvalue weighted by Crippen LogP contribution is 2.33. The van der Waals surface area contributed by atoms with Crippen molar-refractivity contribution in [3.05, 3.63) is 0 Å². The van der Waals surface area contributed by atoms with Gasteiger partial charge in [-0.15, -0.1) is 0 Å². The topological polar surface area (TPSA) is 61.1 Å². The van der Waals surface area contributed by atoms with Crippen molar-refractivity contribution in [1.82, 2.24) is 0 Å². The standard InChI is InChI=1S/C4H3Br2NO2S/c5-1-4(6,3(8)9)10-2-7/h1H2,(H,8,9). The van der Waals surface area contributed by atoms with E-state index in [2.05, 4.69) is 31.9 Å². The number of thiocyanates is 1. The number of hydrogen-bond donors (Lipinski definition) is 1. The number of carbonyl (C=O) groups is 1. The van der Waals surface area contributed by atoms with Gasteiger partial charge in [0.05, 0.1) is 0 Å². The van der Waals surface area contributed by atoms with Crippen molar-refractivity contribution in [1.29, 1.82) is 5.26 Å². The average Bonchev–Trinajstić information content (AvgIpc) is 1.88. The number of carboxylic acid groups (broad SMARTS) is 1. The first-order chi connectivity index (χ1) is 4.56. The van der Waals surface area contributed by atoms with Crippen molar-refractivity contribution in [3.8, 4) is 5.40 Å². The molecule has 0 heterocycles. The van der Waals surface area contributed by atoms with E-state index in [1.807, 2.05) is 0 Å². The van der Waals surface area contributed by atoms with Crippen molar-refractivity contribution in [3.63, 3.8) is 0 Å². The number of halogens is 2. The number of nitrogens with zero attached hydrogens (tertiary/aromatic N) is 1. The molecule has 0 fully saturated rings. The van der Waals surface area contributed by atoms with E-state index in [0.717, 1.165) is 0 Å². The van der Waals surface area contributed by atoms with Crippen molar-refractivity contribution in [2.75, 3.05) is 5.33 Å². The Morgan fingerprint density at radius 2 is 2.40 bits per heavy atom. The molecular formula is C4H3Br2NO2S. The van der Waals surface area contributed by atoms with E-state index in [4.69, 9.17) is 10.4 Å². The largest absolute Gasteiger partial charge is 0.480 e. The molecule has 0 aliphatic carbocycles. The van der Waals surface area contributed by atoms with Crippen LogP contribution < -0.4 is 0 Å². The van der Waals surface area contributed by atoms with Gasteiger partial charge in [0.25, 0.3) is 0 Å². The van der Waals surface area contributed by atoms with Gasteiger partial charge in [0, 0.05) is 5.33 Å². The molecule has 6 heteroatoms. The van der Waals surface area contributed by atoms with Gasteiger partial charge in [0.15, 0.2) is 3.66 Å². The van der Waals surface area contributed by atoms with Crippen LogP contribution in [0.1, 0.15) is 0 Å². The normalized spacial score (nSPS) is 15.3. The first kappa shape index (κ1) is 10.3. The second kappa shape index (κ2) is 4.21. The highest BCUT2D eigenvalue weighted by atomic mass is 79.9. The Morgan fingerprint density at radius 3 is 2.50 bits per heavy atom. The molecule has 0 amide bonds. The van der Waals surface area contributed by atoms with Gasteiger partial charge in [-0.2, -0.15) is 5.26 Å². The van der Waals surface area contributed by atoms with Crippen LogP contribution in [0.5, 0.6) is 0 Å². The first-order valence-corrected chi connectivity index (χ1v) is 4.85. The van der Waals surface area contributed by atoms with Gasteiger partial charge in [-0.25, -0.2) is 4.79 Å². The zero-order valence-electron chi connectivity index (χ0n) is 4.67. The summed E-state index contributed by atoms with van der Waals surface area (Å²) in [6, 6.07) is 0. The van der Waals surface area contributed by atoms with Crippen molar-refractivity contribution in [2.24, 2.45) is 0 Å². The summed E-state index contributed by atoms with van der Waals surface area (Å²) in [7, 11) is 0. The third-order valence-electron chi connectivity index (χ3n) is 0.699. The number of hydrogen-bond acceptors (Lipinski definition) is 3. The van der Waals surface area contributed by atoms with Crippen LogP contribution in [-0.4, -0.2) is 20.1 Å². The summed E-state index contributed by atoms with van der Waals surface area (Å²) in [5.74, 6) is -1.06. The predicted octanol–water partition coefficient (Wildman–Crippen LogP) is 1.77. The molecule has 0 saturated carbocycles. The molecule has 0 saturated heterocycles. The second-order valence-electron chi connectivity index (χ2n) is 1.36. The van der Waals surface area contributed by atoms with E-state index < -0.39 is 9.63 Å². The van der Waals surface area contributed by atoms with Gasteiger partial charge >= 0.3 is 5.97 Å². The summed E-state index contributed by atoms with van der Waals surface area (Å²) in [4.78, 5) is 10.4. The SMILES string of the molecule is N#CSC(Br)(CBr)C(=O)O. The van der Waals surface area contributed by atoms with E-state index in [0.29, 0.717) is 11.8 Å². The number of carboxylic acids is 1. The summed E-state index contributed by atoms with van der Waals surface area (Å²) in [6.45, 7) is 0. The number of rotatable bonds is 3. The lowest BCUT2D eigenvalue weighted by atomic mass is 10.5. The van der Waals surface area contributed by atoms with Crippen LogP contribution in [0.15, 0.2) is 0 Å². The Balaban J connectivity index is 4.26. The number of thioether (sulfide) groups is 1. The highest BCUT2D eigenvalue weighted by molar-refractivity contribution is 9.14. The van der Waals surface area contributed by atoms with Crippen LogP contribution in [0.3, 0.4) is 0 Å². The van der Waals surface area contributed by atoms with Crippen LogP contribution >= 0.6 is 43.6 Å². The Bertz CT molecular complexity index is 181. The van der Waals surface area contributed by atoms with E-state index >= 15 is 0 Å². The molecule has 10 heavy (non-hydrogen) atoms. The zero-order chi connectivity index (χ0) is 8.20. The Morgan fingerprint density at radius 1 is 1.90 bits per heavy atom. The fourth-order valence-corrected chi connectivity index (χ4v) is 1.29. The summed E-state index contributed by atoms with van der Waals surface area (Å²) in [6.07, 6.45) is 0. The molecule has 0 bridgehead atoms. The van der Waals surface area contributed by atoms with Gasteiger partial charge in [-0.3, -0.25) is 0 Å². The fourth-order valence-electron chi connectivity index (χ4n) is 0.200. The third-order valence-corrected chi connectivity index (χ3v) is 4.50. The maximum atomic E-state index is 10.4. The van der Waals surface area contributed by atoms with E-state index in [9.17, 15) is 4.79 Å². The minimum absolute atomic E-state index is 0.188. The lowest BCUT2D eigenvalue weighted by molar-refractivity contribution is -0.136. The van der Waals surface area contributed by atoms with Gasteiger partial charge in [-0.05, 0) is 11.8 Å². The van der Waals surface area contributed by atoms with E-state index in [-0.39, 0.29) is 5.33 Å². The highest BCUT2D eigenvalue weighted by Gasteiger charge is 2.35. The molecule has 0 aliphatic heterocycles. The van der Waals surface area contributed by atoms with Crippen LogP contribution in [-0.2, 0) is 4.79 Å². The van der Waals surface area contributed by atoms with Crippen LogP contribution in [0, 0.1) is 10.7 Å². The average molecular weight is 289 g/mol. The van der Waals surface area contributed by atoms with Crippen LogP contribution in [0.2, 0.25) is 0 Å². The number of alkyl halides is 2. The van der Waals surface area contributed by atoms with Crippen molar-refractivity contribution < 1.29 is 9.90 Å². The van der Waals surface area contributed by atoms with Gasteiger partial charge < -0.3 is 5.11 Å². The van der Waals surface area contributed by atoms with Crippen LogP contribution in [0.4, 0.5) is 0 Å². The molecule has 1 N–H and O–H groups in total. The Kier molecular flexibility index (Phi) is 4.32. The maximum absolute atomic E-state index is 10.4. The number of nitriles is 1. The van der Waals surface area contributed by atoms with Gasteiger partial charge in [-0.1, -0.05) is 31.9 Å². The van der Waals surface area contributed by atoms with Gasteiger partial charge in [0.2, 0.25) is 0 Å². The molecule has 56 valence electrons. The second-order valence-corrected chi connectivity index (χ2v) is 4.88. The fraction of sp³-hybridized carbons (Fsp3) is 0.500. The molecule has 1 unspecified atom stereocenters. The molecule has 0 radical (unpaired) electrons. The monoisotopic (exact) mass is 287 g/mol. The molecule has 0 aliphatic rings. The van der Waals surface area contributed by atoms with Crippen molar-refractivity contribution in [2.45, 2.75) is 3.66 Å². The molecule has 3 nitrogen and oxygen atoms in total. The molecule has 0 spiro atoms. The minimum atomic E-state index is -1.21. The lowest BCUT2D eigenvalue weighted by Crippen LogP contribution is -2.28. The summed E-state index contributed by atoms with van der Waals surface area (Å²) in [5.41, 5.74) is 0. The molecule has 0 aromatic heterocycles. The minimum Gasteiger partial charge on any atom is -0.480 e. The smallest absolute Gasteiger partial charge is 0.332 e. The third kappa shape index (κ3) is 2.48. The van der Waals surface area contributed by atoms with Crippen LogP contribution in [0.25, 0.3) is 0 Å². The molecule has 0 aromatic carbocycles. The molecule has 0 rings (SSSR count). The Labute approximate surface area is 79.0 Å². The summed E-state index contributed by atoms with van der Waals surface area (Å²) < 4.78 is -1.21. The van der Waals surface area contributed by atoms with Crippen molar-refractivity contribution >= 4 is 49.6 Å². The first-order valence-electron chi connectivity index (χ1n) is 2.12. The van der Waals surface area contributed by atoms with Gasteiger partial charge in [0.1, 0.15) is 5.40 Å². The van der Waals surface area contributed by atoms with E-state index in [1.54, 1.807) is 5.40 Å². The lowest BCUT2D eigenvalue weighted by Gasteiger charge is -2.13. The number of aliphatic carboxylic acids is 1. The molecule has 0 aromatic rings. The van der Waals surface area contributed by atoms with E-state index in [1.165, 1.54) is 0 Å². The molecular weight excluding hydrogens is 286 g/mol. The predicted molar refractivity (Wildman–Crippen MR) is 46.3 cm³/mol. The maximum Gasteiger partial charge on any atom is 0.332 e. The summed E-state index contributed by atoms with van der Waals surface area (Å²) >= 11 is 6.54.